The van der Waals surface area contributed by atoms with Crippen LogP contribution in [0.1, 0.15) is 120 Å². The molecule has 8 rings (SSSR count). The predicted octanol–water partition coefficient (Wildman–Crippen LogP) is -0.396. The maximum atomic E-state index is 15.7. The molecular formula is C93H123FN18O21S. The van der Waals surface area contributed by atoms with Crippen LogP contribution in [0, 0.1) is 11.7 Å². The van der Waals surface area contributed by atoms with Crippen LogP contribution in [0.25, 0.3) is 10.9 Å². The van der Waals surface area contributed by atoms with Gasteiger partial charge >= 0.3 is 11.9 Å². The van der Waals surface area contributed by atoms with Gasteiger partial charge in [0, 0.05) is 95.6 Å². The van der Waals surface area contributed by atoms with Gasteiger partial charge in [-0.15, -0.1) is 11.8 Å². The number of hydrogen-bond donors (Lipinski definition) is 18. The zero-order chi connectivity index (χ0) is 98.0. The summed E-state index contributed by atoms with van der Waals surface area (Å²) in [6, 6.07) is 12.8. The number of aromatic amines is 1. The first-order valence-electron chi connectivity index (χ1n) is 44.5. The maximum absolute atomic E-state index is 15.7. The molecule has 15 amide bonds. The number of phenolic OH excluding ortho intramolecular Hbond substituents is 1. The molecule has 134 heavy (non-hydrogen) atoms. The number of likely N-dealkylation sites (N-methyl/N-ethyl adjacent to an activating group) is 4. The number of aryl methyl sites for hydroxylation is 1. The molecule has 0 spiro atoms. The molecule has 724 valence electrons. The Hall–Kier alpha value is -13.4. The number of unbranched alkanes of at least 4 members (excludes halogenated alkanes) is 1. The van der Waals surface area contributed by atoms with Crippen LogP contribution in [0.2, 0.25) is 0 Å². The molecule has 2 fully saturated rings. The first-order valence-corrected chi connectivity index (χ1v) is 45.7. The number of aliphatic hydroxyl groups excluding tert-OH is 1. The third-order valence-electron chi connectivity index (χ3n) is 23.2. The number of amides is 15. The first kappa shape index (κ1) is 106. The van der Waals surface area contributed by atoms with Crippen LogP contribution in [-0.2, 0) is 114 Å². The Kier molecular flexibility index (Phi) is 41.2. The summed E-state index contributed by atoms with van der Waals surface area (Å²) < 4.78 is 14.6. The molecule has 1 aromatic heterocycles. The van der Waals surface area contributed by atoms with E-state index in [-0.39, 0.29) is 89.6 Å². The van der Waals surface area contributed by atoms with E-state index in [0.717, 1.165) is 43.5 Å². The molecule has 41 heteroatoms. The Bertz CT molecular complexity index is 5080. The largest absolute Gasteiger partial charge is 0.508 e. The van der Waals surface area contributed by atoms with E-state index in [0.29, 0.717) is 45.1 Å². The topological polar surface area (TPSA) is 584 Å². The highest BCUT2D eigenvalue weighted by Gasteiger charge is 2.47. The molecule has 20 N–H and O–H groups in total. The van der Waals surface area contributed by atoms with Gasteiger partial charge in [0.25, 0.3) is 0 Å². The number of rotatable bonds is 29. The van der Waals surface area contributed by atoms with Crippen LogP contribution in [-0.4, -0.2) is 296 Å². The molecule has 14 atom stereocenters. The predicted molar refractivity (Wildman–Crippen MR) is 492 cm³/mol. The molecule has 0 saturated carbocycles. The fourth-order valence-corrected chi connectivity index (χ4v) is 16.6. The number of nitrogens with zero attached hydrogens (tertiary/aromatic N) is 4. The van der Waals surface area contributed by atoms with Crippen LogP contribution in [0.4, 0.5) is 4.39 Å². The molecule has 2 aliphatic rings. The van der Waals surface area contributed by atoms with Crippen molar-refractivity contribution in [3.05, 3.63) is 173 Å². The van der Waals surface area contributed by atoms with E-state index in [2.05, 4.69) is 63.5 Å². The van der Waals surface area contributed by atoms with Gasteiger partial charge in [-0.3, -0.25) is 81.5 Å². The zero-order valence-electron chi connectivity index (χ0n) is 76.0. The summed E-state index contributed by atoms with van der Waals surface area (Å²) in [5.41, 5.74) is 14.4. The number of benzene rings is 5. The summed E-state index contributed by atoms with van der Waals surface area (Å²) in [5.74, 6) is -21.0. The molecule has 5 aromatic carbocycles. The van der Waals surface area contributed by atoms with Gasteiger partial charge in [0.2, 0.25) is 88.6 Å². The van der Waals surface area contributed by atoms with Crippen LogP contribution in [0.15, 0.2) is 140 Å². The summed E-state index contributed by atoms with van der Waals surface area (Å²) in [4.78, 5) is 257. The SMILES string of the molecule is CCCC[C@H]1C(=O)N2C[C@H](O)C[C@@H]2C(=O)N[C@@H](CC(=O)O)C(=O)N[C@@H](C(C)C)C(=O)N(C)[C@@H](CCc2ccccc2)C(=O)N[C@@H](CCC(=O)O)C(=O)N[C@H](CNCC)C(=O)N[C@@H](Cc2c[nH]c3ccccc23)C(=O)N[C@@H](Cc2ccc(O)cc2)C(=O)N[C@@H](CCCN)C(=O)N[C@H](C(=O)NCC(N)=O)CSCC(=O)N[C@@H](Cc2ccc(F)cc2)C(=O)N(C)[C@@H](Cc2ccccc2)C(=O)N1C. The lowest BCUT2D eigenvalue weighted by Gasteiger charge is -2.38. The van der Waals surface area contributed by atoms with Crippen molar-refractivity contribution in [3.8, 4) is 5.75 Å². The number of aromatic nitrogens is 1. The Morgan fingerprint density at radius 3 is 1.69 bits per heavy atom. The molecule has 39 nitrogen and oxygen atoms in total. The van der Waals surface area contributed by atoms with Crippen LogP contribution >= 0.6 is 11.8 Å². The normalized spacial score (nSPS) is 23.5. The highest BCUT2D eigenvalue weighted by atomic mass is 32.2. The van der Waals surface area contributed by atoms with E-state index in [4.69, 9.17) is 11.5 Å². The summed E-state index contributed by atoms with van der Waals surface area (Å²) in [5, 5.41) is 71.9. The minimum Gasteiger partial charge on any atom is -0.508 e. The van der Waals surface area contributed by atoms with Gasteiger partial charge in [-0.1, -0.05) is 144 Å². The number of carboxylic acids is 2. The number of carbonyl (C=O) groups excluding carboxylic acids is 15. The second-order valence-corrected chi connectivity index (χ2v) is 34.7. The molecule has 2 saturated heterocycles. The van der Waals surface area contributed by atoms with E-state index in [1.807, 2.05) is 0 Å². The van der Waals surface area contributed by atoms with E-state index in [1.165, 1.54) is 71.4 Å². The number of thioether (sulfide) groups is 1. The third-order valence-corrected chi connectivity index (χ3v) is 24.3. The molecule has 0 bridgehead atoms. The minimum atomic E-state index is -2.03. The lowest BCUT2D eigenvalue weighted by Crippen LogP contribution is -2.62. The summed E-state index contributed by atoms with van der Waals surface area (Å²) in [7, 11) is 3.80. The quantitative estimate of drug-likeness (QED) is 0.0284. The van der Waals surface area contributed by atoms with Crippen molar-refractivity contribution in [3.63, 3.8) is 0 Å². The van der Waals surface area contributed by atoms with Crippen molar-refractivity contribution in [1.29, 1.82) is 0 Å². The van der Waals surface area contributed by atoms with Crippen molar-refractivity contribution in [2.45, 2.75) is 209 Å². The van der Waals surface area contributed by atoms with Gasteiger partial charge in [0.1, 0.15) is 90.1 Å². The van der Waals surface area contributed by atoms with Crippen molar-refractivity contribution < 1.29 is 106 Å². The molecule has 0 radical (unpaired) electrons. The fourth-order valence-electron chi connectivity index (χ4n) is 15.7. The number of phenols is 1. The zero-order valence-corrected chi connectivity index (χ0v) is 76.8. The average molecular weight is 1880 g/mol. The Balaban J connectivity index is 1.24. The van der Waals surface area contributed by atoms with Gasteiger partial charge in [0.15, 0.2) is 0 Å². The first-order chi connectivity index (χ1) is 63.9. The molecule has 0 unspecified atom stereocenters. The fraction of sp³-hybridized carbons (Fsp3) is 0.473. The van der Waals surface area contributed by atoms with Crippen molar-refractivity contribution in [2.75, 3.05) is 65.4 Å². The monoisotopic (exact) mass is 1880 g/mol. The number of H-pyrrole nitrogens is 1. The number of fused-ring (bicyclic) bond motifs is 2. The van der Waals surface area contributed by atoms with Crippen LogP contribution < -0.4 is 70.0 Å². The highest BCUT2D eigenvalue weighted by molar-refractivity contribution is 8.00. The van der Waals surface area contributed by atoms with E-state index in [1.54, 1.807) is 105 Å². The van der Waals surface area contributed by atoms with Gasteiger partial charge in [-0.25, -0.2) is 4.39 Å². The number of aromatic hydroxyl groups is 1. The molecular weight excluding hydrogens is 1760 g/mol. The number of aliphatic carboxylic acids is 2. The van der Waals surface area contributed by atoms with Gasteiger partial charge < -0.3 is 115 Å². The standard InChI is InChI=1S/C93H123FN18O21S/c1-8-10-27-73-92(132)112-50-61(114)45-74(112)89(129)105-68(46-79(119)120)86(126)108-80(53(3)4)93(133)109(5)72(38-32-54-20-13-11-14-21-54)88(128)102-65(37-39-78(117)118)83(123)106-70(48-97-9-2)87(127)104-67(44-58-47-98-63-25-18-17-24-62(58)63)85(125)103-66(41-57-30-35-60(113)36-31-57)84(124)101-64(26-19-40-95)82(122)107-71(81(121)99-49-76(96)115)51-134-52-77(116)100-69(42-56-28-33-59(94)34-29-56)90(130)111(7)75(91(131)110(73)6)43-55-22-15-12-16-23-55/h11-18,20-25,28-31,33-36,47,53,61,64-75,80,97-98,113-114H,8-10,19,26-27,32,37-46,48-52,95H2,1-7H3,(H2,96,115)(H,99,121)(H,100,116)(H,101,124)(H,102,128)(H,103,125)(H,104,127)(H,105,129)(H,106,123)(H,107,122)(H,108,126)(H,117,118)(H,119,120)/t61-,64+,65+,66+,67+,68+,69+,70-,71+,72+,73+,74-,75+,80+/m1/s1. The maximum Gasteiger partial charge on any atom is 0.305 e. The number of carboxylic acid groups (broad SMARTS) is 2. The van der Waals surface area contributed by atoms with E-state index in [9.17, 15) is 63.2 Å². The number of aliphatic hydroxyl groups is 1. The van der Waals surface area contributed by atoms with Crippen molar-refractivity contribution in [1.82, 2.24) is 83.1 Å². The average Bonchev–Trinajstić information content (AvgIpc) is 1.59. The Labute approximate surface area is 779 Å². The number of hydrogen-bond acceptors (Lipinski definition) is 22. The summed E-state index contributed by atoms with van der Waals surface area (Å²) in [6.45, 7) is 4.96. The smallest absolute Gasteiger partial charge is 0.305 e. The second kappa shape index (κ2) is 52.1. The summed E-state index contributed by atoms with van der Waals surface area (Å²) in [6.07, 6.45) is -3.78. The van der Waals surface area contributed by atoms with Crippen LogP contribution in [0.5, 0.6) is 5.75 Å². The van der Waals surface area contributed by atoms with Gasteiger partial charge in [-0.05, 0) is 116 Å². The van der Waals surface area contributed by atoms with Gasteiger partial charge in [-0.2, -0.15) is 0 Å². The molecule has 2 aliphatic heterocycles. The van der Waals surface area contributed by atoms with E-state index >= 15 is 43.2 Å². The number of carbonyl (C=O) groups is 17. The number of halogens is 1. The second-order valence-electron chi connectivity index (χ2n) is 33.7. The summed E-state index contributed by atoms with van der Waals surface area (Å²) >= 11 is 0.746. The molecule has 6 aromatic rings. The molecule has 3 heterocycles. The Morgan fingerprint density at radius 2 is 1.07 bits per heavy atom. The minimum absolute atomic E-state index is 0.0433. The van der Waals surface area contributed by atoms with E-state index < -0.39 is 247 Å². The number of nitrogens with one attached hydrogen (secondary N) is 12. The molecule has 0 aliphatic carbocycles. The van der Waals surface area contributed by atoms with Crippen LogP contribution in [0.3, 0.4) is 0 Å². The highest BCUT2D eigenvalue weighted by Crippen LogP contribution is 2.27. The number of primary amides is 1. The third kappa shape index (κ3) is 31.7. The van der Waals surface area contributed by atoms with Crippen molar-refractivity contribution in [2.24, 2.45) is 17.4 Å². The van der Waals surface area contributed by atoms with Crippen molar-refractivity contribution >= 4 is 123 Å². The lowest BCUT2D eigenvalue weighted by atomic mass is 9.98. The Morgan fingerprint density at radius 1 is 0.530 bits per heavy atom. The number of nitrogens with two attached hydrogens (primary N) is 2. The lowest BCUT2D eigenvalue weighted by molar-refractivity contribution is -0.152. The van der Waals surface area contributed by atoms with Gasteiger partial charge in [0.05, 0.1) is 24.8 Å². The number of para-hydroxylation sites is 1.